The Labute approximate surface area is 155 Å². The summed E-state index contributed by atoms with van der Waals surface area (Å²) in [5.41, 5.74) is 2.39. The second kappa shape index (κ2) is 9.70. The monoisotopic (exact) mass is 357 g/mol. The quantitative estimate of drug-likeness (QED) is 0.774. The molecule has 0 radical (unpaired) electrons. The van der Waals surface area contributed by atoms with Crippen molar-refractivity contribution in [3.8, 4) is 5.75 Å². The number of likely N-dealkylation sites (tertiary alicyclic amines) is 1. The third-order valence-corrected chi connectivity index (χ3v) is 5.07. The van der Waals surface area contributed by atoms with Crippen molar-refractivity contribution in [3.63, 3.8) is 0 Å². The molecular weight excluding hydrogens is 329 g/mol. The van der Waals surface area contributed by atoms with Crippen LogP contribution in [0.3, 0.4) is 0 Å². The molecule has 1 saturated heterocycles. The van der Waals surface area contributed by atoms with E-state index in [0.717, 1.165) is 38.2 Å². The maximum atomic E-state index is 13.0. The number of aliphatic hydroxyl groups excluding tert-OH is 1. The number of aliphatic hydroxyl groups is 1. The van der Waals surface area contributed by atoms with Crippen LogP contribution in [0.4, 0.5) is 4.39 Å². The first kappa shape index (κ1) is 18.9. The summed E-state index contributed by atoms with van der Waals surface area (Å²) >= 11 is 0. The van der Waals surface area contributed by atoms with Gasteiger partial charge in [-0.25, -0.2) is 4.39 Å². The van der Waals surface area contributed by atoms with Crippen molar-refractivity contribution >= 4 is 0 Å². The normalized spacial score (nSPS) is 18.0. The summed E-state index contributed by atoms with van der Waals surface area (Å²) in [5, 5.41) is 8.99. The number of nitrogens with zero attached hydrogens (tertiary/aromatic N) is 1. The lowest BCUT2D eigenvalue weighted by atomic mass is 9.91. The Kier molecular flexibility index (Phi) is 7.04. The Balaban J connectivity index is 1.53. The van der Waals surface area contributed by atoms with Crippen molar-refractivity contribution in [2.24, 2.45) is 5.92 Å². The van der Waals surface area contributed by atoms with Gasteiger partial charge in [-0.15, -0.1) is 0 Å². The van der Waals surface area contributed by atoms with E-state index >= 15 is 0 Å². The molecule has 1 unspecified atom stereocenters. The third-order valence-electron chi connectivity index (χ3n) is 5.07. The molecule has 0 spiro atoms. The molecule has 0 saturated carbocycles. The number of rotatable bonds is 8. The highest BCUT2D eigenvalue weighted by Crippen LogP contribution is 2.26. The molecule has 1 N–H and O–H groups in total. The van der Waals surface area contributed by atoms with Gasteiger partial charge in [0.1, 0.15) is 18.2 Å². The molecule has 0 aliphatic carbocycles. The van der Waals surface area contributed by atoms with Gasteiger partial charge < -0.3 is 9.84 Å². The van der Waals surface area contributed by atoms with E-state index in [2.05, 4.69) is 11.0 Å². The first-order chi connectivity index (χ1) is 12.7. The molecular formula is C22H28FNO2. The van der Waals surface area contributed by atoms with Crippen LogP contribution in [-0.2, 0) is 13.0 Å². The second-order valence-corrected chi connectivity index (χ2v) is 7.09. The lowest BCUT2D eigenvalue weighted by molar-refractivity contribution is 0.157. The summed E-state index contributed by atoms with van der Waals surface area (Å²) in [4.78, 5) is 2.50. The molecule has 1 aliphatic rings. The van der Waals surface area contributed by atoms with Crippen molar-refractivity contribution in [3.05, 3.63) is 65.5 Å². The lowest BCUT2D eigenvalue weighted by Crippen LogP contribution is -2.35. The fourth-order valence-electron chi connectivity index (χ4n) is 3.72. The number of halogens is 1. The van der Waals surface area contributed by atoms with Crippen LogP contribution < -0.4 is 4.74 Å². The van der Waals surface area contributed by atoms with Gasteiger partial charge in [-0.1, -0.05) is 30.3 Å². The molecule has 4 heteroatoms. The summed E-state index contributed by atoms with van der Waals surface area (Å²) < 4.78 is 18.7. The van der Waals surface area contributed by atoms with E-state index in [0.29, 0.717) is 12.5 Å². The number of para-hydroxylation sites is 1. The fraction of sp³-hybridized carbons (Fsp3) is 0.455. The number of hydrogen-bond acceptors (Lipinski definition) is 3. The summed E-state index contributed by atoms with van der Waals surface area (Å²) in [5.74, 6) is 1.38. The number of piperidine rings is 1. The predicted octanol–water partition coefficient (Wildman–Crippen LogP) is 4.04. The SMILES string of the molecule is OCCOc1ccccc1CN1CCCC(CCc2ccc(F)cc2)C1. The fourth-order valence-corrected chi connectivity index (χ4v) is 3.72. The van der Waals surface area contributed by atoms with Crippen LogP contribution in [0.15, 0.2) is 48.5 Å². The molecule has 2 aromatic carbocycles. The van der Waals surface area contributed by atoms with Crippen LogP contribution in [0, 0.1) is 11.7 Å². The summed E-state index contributed by atoms with van der Waals surface area (Å²) in [7, 11) is 0. The molecule has 2 aromatic rings. The van der Waals surface area contributed by atoms with Gasteiger partial charge in [0.2, 0.25) is 0 Å². The van der Waals surface area contributed by atoms with Crippen LogP contribution in [-0.4, -0.2) is 36.3 Å². The summed E-state index contributed by atoms with van der Waals surface area (Å²) in [6.07, 6.45) is 4.63. The molecule has 1 aliphatic heterocycles. The molecule has 140 valence electrons. The summed E-state index contributed by atoms with van der Waals surface area (Å²) in [6, 6.07) is 15.0. The van der Waals surface area contributed by atoms with Crippen LogP contribution in [0.2, 0.25) is 0 Å². The predicted molar refractivity (Wildman–Crippen MR) is 102 cm³/mol. The van der Waals surface area contributed by atoms with Gasteiger partial charge in [0.25, 0.3) is 0 Å². The molecule has 3 nitrogen and oxygen atoms in total. The average Bonchev–Trinajstić information content (AvgIpc) is 2.67. The molecule has 26 heavy (non-hydrogen) atoms. The van der Waals surface area contributed by atoms with Crippen molar-refractivity contribution in [2.75, 3.05) is 26.3 Å². The van der Waals surface area contributed by atoms with Gasteiger partial charge in [0.15, 0.2) is 0 Å². The molecule has 0 aromatic heterocycles. The van der Waals surface area contributed by atoms with Crippen molar-refractivity contribution in [1.82, 2.24) is 4.90 Å². The Morgan fingerprint density at radius 3 is 2.73 bits per heavy atom. The smallest absolute Gasteiger partial charge is 0.123 e. The zero-order valence-electron chi connectivity index (χ0n) is 15.2. The molecule has 1 fully saturated rings. The number of benzene rings is 2. The molecule has 1 atom stereocenters. The van der Waals surface area contributed by atoms with E-state index in [1.807, 2.05) is 30.3 Å². The van der Waals surface area contributed by atoms with Crippen LogP contribution in [0.5, 0.6) is 5.75 Å². The van der Waals surface area contributed by atoms with Crippen LogP contribution in [0.25, 0.3) is 0 Å². The highest BCUT2D eigenvalue weighted by atomic mass is 19.1. The van der Waals surface area contributed by atoms with Crippen molar-refractivity contribution in [1.29, 1.82) is 0 Å². The average molecular weight is 357 g/mol. The van der Waals surface area contributed by atoms with E-state index in [1.165, 1.54) is 24.0 Å². The minimum atomic E-state index is -0.167. The maximum Gasteiger partial charge on any atom is 0.123 e. The molecule has 1 heterocycles. The zero-order chi connectivity index (χ0) is 18.2. The van der Waals surface area contributed by atoms with Crippen LogP contribution >= 0.6 is 0 Å². The highest BCUT2D eigenvalue weighted by Gasteiger charge is 2.20. The van der Waals surface area contributed by atoms with E-state index in [4.69, 9.17) is 9.84 Å². The van der Waals surface area contributed by atoms with E-state index in [1.54, 1.807) is 12.1 Å². The molecule has 0 amide bonds. The van der Waals surface area contributed by atoms with E-state index in [-0.39, 0.29) is 12.4 Å². The first-order valence-corrected chi connectivity index (χ1v) is 9.53. The van der Waals surface area contributed by atoms with Gasteiger partial charge in [0, 0.05) is 18.7 Å². The standard InChI is InChI=1S/C22H28FNO2/c23-21-11-9-18(10-12-21)7-8-19-4-3-13-24(16-19)17-20-5-1-2-6-22(20)26-15-14-25/h1-2,5-6,9-12,19,25H,3-4,7-8,13-17H2. The summed E-state index contributed by atoms with van der Waals surface area (Å²) in [6.45, 7) is 3.45. The van der Waals surface area contributed by atoms with Gasteiger partial charge in [0.05, 0.1) is 6.61 Å². The largest absolute Gasteiger partial charge is 0.491 e. The van der Waals surface area contributed by atoms with Gasteiger partial charge in [-0.3, -0.25) is 4.90 Å². The first-order valence-electron chi connectivity index (χ1n) is 9.53. The Morgan fingerprint density at radius 1 is 1.12 bits per heavy atom. The minimum absolute atomic E-state index is 0.0313. The molecule has 3 rings (SSSR count). The second-order valence-electron chi connectivity index (χ2n) is 7.09. The van der Waals surface area contributed by atoms with Crippen molar-refractivity contribution in [2.45, 2.75) is 32.2 Å². The van der Waals surface area contributed by atoms with Gasteiger partial charge >= 0.3 is 0 Å². The third kappa shape index (κ3) is 5.55. The lowest BCUT2D eigenvalue weighted by Gasteiger charge is -2.33. The number of ether oxygens (including phenoxy) is 1. The van der Waals surface area contributed by atoms with E-state index < -0.39 is 0 Å². The maximum absolute atomic E-state index is 13.0. The minimum Gasteiger partial charge on any atom is -0.491 e. The molecule has 0 bridgehead atoms. The zero-order valence-corrected chi connectivity index (χ0v) is 15.2. The number of hydrogen-bond donors (Lipinski definition) is 1. The Morgan fingerprint density at radius 2 is 1.92 bits per heavy atom. The van der Waals surface area contributed by atoms with E-state index in [9.17, 15) is 4.39 Å². The van der Waals surface area contributed by atoms with Gasteiger partial charge in [-0.05, 0) is 61.9 Å². The highest BCUT2D eigenvalue weighted by molar-refractivity contribution is 5.33. The van der Waals surface area contributed by atoms with Gasteiger partial charge in [-0.2, -0.15) is 0 Å². The topological polar surface area (TPSA) is 32.7 Å². The van der Waals surface area contributed by atoms with Crippen molar-refractivity contribution < 1.29 is 14.2 Å². The number of aryl methyl sites for hydroxylation is 1. The Bertz CT molecular complexity index is 674. The van der Waals surface area contributed by atoms with Crippen LogP contribution in [0.1, 0.15) is 30.4 Å². The Hall–Kier alpha value is -1.91.